The van der Waals surface area contributed by atoms with Crippen LogP contribution in [0.2, 0.25) is 0 Å². The molecule has 1 N–H and O–H groups in total. The van der Waals surface area contributed by atoms with Crippen LogP contribution in [0.15, 0.2) is 40.8 Å². The van der Waals surface area contributed by atoms with Crippen LogP contribution in [0.4, 0.5) is 4.39 Å². The van der Waals surface area contributed by atoms with Crippen molar-refractivity contribution in [2.75, 3.05) is 26.4 Å². The zero-order chi connectivity index (χ0) is 17.5. The molecule has 1 aliphatic rings. The summed E-state index contributed by atoms with van der Waals surface area (Å²) in [5.74, 6) is 0.187. The van der Waals surface area contributed by atoms with E-state index in [1.165, 1.54) is 12.1 Å². The molecule has 1 atom stereocenters. The Bertz CT molecular complexity index is 677. The quantitative estimate of drug-likeness (QED) is 0.744. The van der Waals surface area contributed by atoms with Gasteiger partial charge in [0.1, 0.15) is 11.6 Å². The van der Waals surface area contributed by atoms with Crippen molar-refractivity contribution in [1.82, 2.24) is 5.32 Å². The molecule has 0 bridgehead atoms. The molecule has 0 saturated carbocycles. The van der Waals surface area contributed by atoms with Gasteiger partial charge in [0.2, 0.25) is 0 Å². The van der Waals surface area contributed by atoms with E-state index in [-0.39, 0.29) is 23.6 Å². The first kappa shape index (κ1) is 17.6. The summed E-state index contributed by atoms with van der Waals surface area (Å²) in [6.07, 6.45) is 3.12. The molecule has 2 heterocycles. The maximum atomic E-state index is 12.9. The smallest absolute Gasteiger partial charge is 0.287 e. The van der Waals surface area contributed by atoms with Crippen molar-refractivity contribution < 1.29 is 23.1 Å². The van der Waals surface area contributed by atoms with Gasteiger partial charge in [0.15, 0.2) is 5.76 Å². The number of hydrogen-bond acceptors (Lipinski definition) is 4. The van der Waals surface area contributed by atoms with Crippen LogP contribution >= 0.6 is 0 Å². The highest BCUT2D eigenvalue weighted by molar-refractivity contribution is 5.92. The molecule has 1 aliphatic heterocycles. The Morgan fingerprint density at radius 2 is 2.08 bits per heavy atom. The number of rotatable bonds is 8. The number of hydrogen-bond donors (Lipinski definition) is 1. The minimum absolute atomic E-state index is 0.225. The molecule has 1 aromatic heterocycles. The van der Waals surface area contributed by atoms with E-state index in [2.05, 4.69) is 5.32 Å². The average Bonchev–Trinajstić information content (AvgIpc) is 3.30. The monoisotopic (exact) mass is 347 g/mol. The molecule has 6 heteroatoms. The van der Waals surface area contributed by atoms with E-state index in [9.17, 15) is 9.18 Å². The maximum Gasteiger partial charge on any atom is 0.287 e. The highest BCUT2D eigenvalue weighted by atomic mass is 19.1. The second-order valence-corrected chi connectivity index (χ2v) is 5.99. The van der Waals surface area contributed by atoms with Gasteiger partial charge in [-0.25, -0.2) is 4.39 Å². The van der Waals surface area contributed by atoms with Crippen LogP contribution in [0.5, 0.6) is 0 Å². The van der Waals surface area contributed by atoms with Crippen LogP contribution in [0.3, 0.4) is 0 Å². The highest BCUT2D eigenvalue weighted by Gasteiger charge is 2.15. The van der Waals surface area contributed by atoms with Crippen molar-refractivity contribution in [3.05, 3.63) is 48.0 Å². The zero-order valence-corrected chi connectivity index (χ0v) is 14.0. The summed E-state index contributed by atoms with van der Waals surface area (Å²) in [7, 11) is 0. The standard InChI is InChI=1S/C19H22FNO4/c20-15-6-4-14(5-7-15)17-8-9-18(25-17)19(22)21-10-2-11-23-13-16-3-1-12-24-16/h4-9,16H,1-3,10-13H2,(H,21,22). The fourth-order valence-corrected chi connectivity index (χ4v) is 2.68. The van der Waals surface area contributed by atoms with Gasteiger partial charge >= 0.3 is 0 Å². The average molecular weight is 347 g/mol. The van der Waals surface area contributed by atoms with Crippen LogP contribution in [-0.2, 0) is 9.47 Å². The summed E-state index contributed by atoms with van der Waals surface area (Å²) in [4.78, 5) is 12.1. The minimum Gasteiger partial charge on any atom is -0.451 e. The summed E-state index contributed by atoms with van der Waals surface area (Å²) >= 11 is 0. The molecule has 0 aliphatic carbocycles. The highest BCUT2D eigenvalue weighted by Crippen LogP contribution is 2.22. The lowest BCUT2D eigenvalue weighted by Gasteiger charge is -2.10. The molecule has 0 spiro atoms. The van der Waals surface area contributed by atoms with Crippen LogP contribution in [0.25, 0.3) is 11.3 Å². The summed E-state index contributed by atoms with van der Waals surface area (Å²) in [6.45, 7) is 2.54. The number of carbonyl (C=O) groups excluding carboxylic acids is 1. The van der Waals surface area contributed by atoms with Crippen molar-refractivity contribution in [3.8, 4) is 11.3 Å². The Hall–Kier alpha value is -2.18. The lowest BCUT2D eigenvalue weighted by Crippen LogP contribution is -2.25. The number of nitrogens with one attached hydrogen (secondary N) is 1. The van der Waals surface area contributed by atoms with Crippen LogP contribution in [0.1, 0.15) is 29.8 Å². The Kier molecular flexibility index (Phi) is 6.19. The van der Waals surface area contributed by atoms with E-state index in [0.29, 0.717) is 25.5 Å². The molecule has 134 valence electrons. The molecule has 2 aromatic rings. The third-order valence-corrected chi connectivity index (χ3v) is 4.04. The molecule has 0 radical (unpaired) electrons. The van der Waals surface area contributed by atoms with Gasteiger partial charge < -0.3 is 19.2 Å². The molecular formula is C19H22FNO4. The van der Waals surface area contributed by atoms with Crippen LogP contribution < -0.4 is 5.32 Å². The van der Waals surface area contributed by atoms with E-state index in [4.69, 9.17) is 13.9 Å². The number of halogens is 1. The number of amides is 1. The SMILES string of the molecule is O=C(NCCCOCC1CCCO1)c1ccc(-c2ccc(F)cc2)o1. The first-order valence-electron chi connectivity index (χ1n) is 8.56. The van der Waals surface area contributed by atoms with Gasteiger partial charge in [0, 0.05) is 25.3 Å². The van der Waals surface area contributed by atoms with Gasteiger partial charge in [0.05, 0.1) is 12.7 Å². The van der Waals surface area contributed by atoms with E-state index in [1.807, 2.05) is 0 Å². The third-order valence-electron chi connectivity index (χ3n) is 4.04. The molecule has 1 amide bonds. The Labute approximate surface area is 146 Å². The fourth-order valence-electron chi connectivity index (χ4n) is 2.68. The molecule has 5 nitrogen and oxygen atoms in total. The number of carbonyl (C=O) groups is 1. The Morgan fingerprint density at radius 3 is 2.84 bits per heavy atom. The molecule has 1 aromatic carbocycles. The first-order valence-corrected chi connectivity index (χ1v) is 8.56. The van der Waals surface area contributed by atoms with Gasteiger partial charge in [-0.2, -0.15) is 0 Å². The van der Waals surface area contributed by atoms with Crippen LogP contribution in [-0.4, -0.2) is 38.4 Å². The van der Waals surface area contributed by atoms with Crippen molar-refractivity contribution in [3.63, 3.8) is 0 Å². The Morgan fingerprint density at radius 1 is 1.24 bits per heavy atom. The molecule has 25 heavy (non-hydrogen) atoms. The predicted octanol–water partition coefficient (Wildman–Crippen LogP) is 3.40. The lowest BCUT2D eigenvalue weighted by molar-refractivity contribution is 0.0166. The van der Waals surface area contributed by atoms with Gasteiger partial charge in [-0.1, -0.05) is 0 Å². The summed E-state index contributed by atoms with van der Waals surface area (Å²) in [5, 5.41) is 2.80. The third kappa shape index (κ3) is 5.14. The van der Waals surface area contributed by atoms with Gasteiger partial charge in [-0.05, 0) is 55.7 Å². The topological polar surface area (TPSA) is 60.7 Å². The summed E-state index contributed by atoms with van der Waals surface area (Å²) in [5.41, 5.74) is 0.725. The summed E-state index contributed by atoms with van der Waals surface area (Å²) in [6, 6.07) is 9.25. The van der Waals surface area contributed by atoms with Crippen molar-refractivity contribution in [1.29, 1.82) is 0 Å². The van der Waals surface area contributed by atoms with Crippen molar-refractivity contribution in [2.24, 2.45) is 0 Å². The molecular weight excluding hydrogens is 325 g/mol. The first-order chi connectivity index (χ1) is 12.2. The van der Waals surface area contributed by atoms with E-state index in [1.54, 1.807) is 24.3 Å². The van der Waals surface area contributed by atoms with Crippen LogP contribution in [0, 0.1) is 5.82 Å². The Balaban J connectivity index is 1.37. The van der Waals surface area contributed by atoms with Gasteiger partial charge in [0.25, 0.3) is 5.91 Å². The molecule has 3 rings (SSSR count). The van der Waals surface area contributed by atoms with Crippen molar-refractivity contribution in [2.45, 2.75) is 25.4 Å². The molecule has 1 fully saturated rings. The zero-order valence-electron chi connectivity index (χ0n) is 14.0. The summed E-state index contributed by atoms with van der Waals surface area (Å²) < 4.78 is 29.5. The second kappa shape index (κ2) is 8.78. The van der Waals surface area contributed by atoms with E-state index in [0.717, 1.165) is 31.4 Å². The van der Waals surface area contributed by atoms with E-state index >= 15 is 0 Å². The van der Waals surface area contributed by atoms with Crippen molar-refractivity contribution >= 4 is 5.91 Å². The molecule has 1 saturated heterocycles. The number of ether oxygens (including phenoxy) is 2. The predicted molar refractivity (Wildman–Crippen MR) is 90.8 cm³/mol. The largest absolute Gasteiger partial charge is 0.451 e. The fraction of sp³-hybridized carbons (Fsp3) is 0.421. The molecule has 1 unspecified atom stereocenters. The van der Waals surface area contributed by atoms with Gasteiger partial charge in [-0.3, -0.25) is 4.79 Å². The second-order valence-electron chi connectivity index (χ2n) is 5.99. The normalized spacial score (nSPS) is 16.9. The minimum atomic E-state index is -0.310. The number of benzene rings is 1. The number of furan rings is 1. The van der Waals surface area contributed by atoms with E-state index < -0.39 is 0 Å². The van der Waals surface area contributed by atoms with Gasteiger partial charge in [-0.15, -0.1) is 0 Å². The maximum absolute atomic E-state index is 12.9. The lowest BCUT2D eigenvalue weighted by atomic mass is 10.2.